The third kappa shape index (κ3) is 3.10. The number of cyclic esters (lactones) is 1. The molecule has 0 radical (unpaired) electrons. The van der Waals surface area contributed by atoms with E-state index in [9.17, 15) is 4.79 Å². The smallest absolute Gasteiger partial charge is 0.319 e. The van der Waals surface area contributed by atoms with Gasteiger partial charge in [-0.3, -0.25) is 9.36 Å². The third-order valence-corrected chi connectivity index (χ3v) is 6.09. The van der Waals surface area contributed by atoms with Gasteiger partial charge in [-0.2, -0.15) is 0 Å². The van der Waals surface area contributed by atoms with E-state index in [0.29, 0.717) is 17.3 Å². The molecule has 2 atom stereocenters. The molecule has 2 aromatic heterocycles. The molecule has 8 heteroatoms. The average Bonchev–Trinajstić information content (AvgIpc) is 3.36. The van der Waals surface area contributed by atoms with Gasteiger partial charge in [0.1, 0.15) is 17.1 Å². The first-order chi connectivity index (χ1) is 12.7. The number of aromatic nitrogens is 3. The maximum absolute atomic E-state index is 12.1. The number of esters is 1. The molecular formula is C18H17N3O3S2. The number of para-hydroxylation sites is 2. The van der Waals surface area contributed by atoms with E-state index < -0.39 is 0 Å². The minimum absolute atomic E-state index is 0.0700. The quantitative estimate of drug-likeness (QED) is 0.621. The highest BCUT2D eigenvalue weighted by Gasteiger charge is 2.34. The zero-order valence-electron chi connectivity index (χ0n) is 14.3. The number of thiophene rings is 1. The van der Waals surface area contributed by atoms with E-state index in [-0.39, 0.29) is 17.3 Å². The average molecular weight is 387 g/mol. The summed E-state index contributed by atoms with van der Waals surface area (Å²) < 4.78 is 12.8. The van der Waals surface area contributed by atoms with Gasteiger partial charge in [0.05, 0.1) is 17.7 Å². The zero-order valence-corrected chi connectivity index (χ0v) is 15.9. The molecule has 134 valence electrons. The topological polar surface area (TPSA) is 66.2 Å². The number of nitrogens with zero attached hydrogens (tertiary/aromatic N) is 3. The molecule has 1 saturated heterocycles. The van der Waals surface area contributed by atoms with E-state index >= 15 is 0 Å². The van der Waals surface area contributed by atoms with Crippen LogP contribution >= 0.6 is 23.1 Å². The van der Waals surface area contributed by atoms with Gasteiger partial charge < -0.3 is 9.47 Å². The Hall–Kier alpha value is -2.32. The summed E-state index contributed by atoms with van der Waals surface area (Å²) in [6, 6.07) is 11.7. The van der Waals surface area contributed by atoms with Crippen LogP contribution in [-0.4, -0.2) is 39.2 Å². The van der Waals surface area contributed by atoms with Gasteiger partial charge in [0, 0.05) is 6.42 Å². The van der Waals surface area contributed by atoms with Crippen LogP contribution in [0.25, 0.3) is 16.4 Å². The predicted molar refractivity (Wildman–Crippen MR) is 101 cm³/mol. The number of hydrogen-bond donors (Lipinski definition) is 0. The molecule has 0 bridgehead atoms. The van der Waals surface area contributed by atoms with Crippen molar-refractivity contribution in [1.29, 1.82) is 0 Å². The van der Waals surface area contributed by atoms with Crippen LogP contribution in [0.2, 0.25) is 0 Å². The number of carbonyl (C=O) groups excluding carboxylic acids is 1. The van der Waals surface area contributed by atoms with Crippen LogP contribution in [0.3, 0.4) is 0 Å². The first-order valence-electron chi connectivity index (χ1n) is 8.17. The molecule has 3 aromatic rings. The van der Waals surface area contributed by atoms with E-state index in [1.165, 1.54) is 11.8 Å². The molecule has 1 fully saturated rings. The zero-order chi connectivity index (χ0) is 18.1. The van der Waals surface area contributed by atoms with Gasteiger partial charge in [0.15, 0.2) is 11.0 Å². The van der Waals surface area contributed by atoms with Crippen LogP contribution in [0.15, 0.2) is 46.9 Å². The van der Waals surface area contributed by atoms with Gasteiger partial charge in [0.2, 0.25) is 0 Å². The Morgan fingerprint density at radius 3 is 2.81 bits per heavy atom. The number of carbonyl (C=O) groups is 1. The first kappa shape index (κ1) is 17.1. The van der Waals surface area contributed by atoms with Gasteiger partial charge >= 0.3 is 5.97 Å². The van der Waals surface area contributed by atoms with Crippen molar-refractivity contribution in [1.82, 2.24) is 14.8 Å². The van der Waals surface area contributed by atoms with E-state index in [1.807, 2.05) is 53.3 Å². The lowest BCUT2D eigenvalue weighted by Crippen LogP contribution is -2.11. The van der Waals surface area contributed by atoms with Crippen LogP contribution in [0.1, 0.15) is 13.3 Å². The van der Waals surface area contributed by atoms with E-state index in [4.69, 9.17) is 9.47 Å². The van der Waals surface area contributed by atoms with Gasteiger partial charge in [-0.05, 0) is 30.5 Å². The van der Waals surface area contributed by atoms with E-state index in [2.05, 4.69) is 10.2 Å². The molecular weight excluding hydrogens is 370 g/mol. The molecule has 6 nitrogen and oxygen atoms in total. The third-order valence-electron chi connectivity index (χ3n) is 4.07. The van der Waals surface area contributed by atoms with E-state index in [0.717, 1.165) is 16.4 Å². The van der Waals surface area contributed by atoms with Crippen LogP contribution < -0.4 is 4.74 Å². The number of hydrogen-bond acceptors (Lipinski definition) is 7. The predicted octanol–water partition coefficient (Wildman–Crippen LogP) is 3.80. The fraction of sp³-hybridized carbons (Fsp3) is 0.278. The van der Waals surface area contributed by atoms with Crippen molar-refractivity contribution in [3.63, 3.8) is 0 Å². The van der Waals surface area contributed by atoms with Crippen molar-refractivity contribution < 1.29 is 14.3 Å². The summed E-state index contributed by atoms with van der Waals surface area (Å²) in [7, 11) is 1.64. The number of benzene rings is 1. The first-order valence-corrected chi connectivity index (χ1v) is 9.93. The standard InChI is InChI=1S/C18H17N3O3S2/c1-11-10-15(17(22)24-11)26-18-20-19-16(14-8-5-9-25-14)21(18)12-6-3-4-7-13(12)23-2/h3-9,11,15H,10H2,1-2H3. The number of methoxy groups -OCH3 is 1. The number of ether oxygens (including phenoxy) is 2. The van der Waals surface area contributed by atoms with Crippen LogP contribution in [-0.2, 0) is 9.53 Å². The van der Waals surface area contributed by atoms with Gasteiger partial charge in [-0.25, -0.2) is 0 Å². The Morgan fingerprint density at radius 1 is 1.27 bits per heavy atom. The molecule has 0 N–H and O–H groups in total. The van der Waals surface area contributed by atoms with Crippen molar-refractivity contribution in [2.45, 2.75) is 29.9 Å². The molecule has 1 aromatic carbocycles. The normalized spacial score (nSPS) is 19.5. The second-order valence-electron chi connectivity index (χ2n) is 5.88. The fourth-order valence-corrected chi connectivity index (χ4v) is 4.74. The summed E-state index contributed by atoms with van der Waals surface area (Å²) in [6.07, 6.45) is 0.593. The van der Waals surface area contributed by atoms with Crippen molar-refractivity contribution in [2.24, 2.45) is 0 Å². The second kappa shape index (κ2) is 7.13. The summed E-state index contributed by atoms with van der Waals surface area (Å²) >= 11 is 2.98. The molecule has 0 aliphatic carbocycles. The van der Waals surface area contributed by atoms with Crippen LogP contribution in [0.5, 0.6) is 5.75 Å². The van der Waals surface area contributed by atoms with Crippen LogP contribution in [0.4, 0.5) is 0 Å². The fourth-order valence-electron chi connectivity index (χ4n) is 2.89. The van der Waals surface area contributed by atoms with Crippen LogP contribution in [0, 0.1) is 0 Å². The monoisotopic (exact) mass is 387 g/mol. The van der Waals surface area contributed by atoms with Crippen molar-refractivity contribution in [2.75, 3.05) is 7.11 Å². The highest BCUT2D eigenvalue weighted by atomic mass is 32.2. The Morgan fingerprint density at radius 2 is 2.12 bits per heavy atom. The molecule has 3 heterocycles. The van der Waals surface area contributed by atoms with Crippen molar-refractivity contribution >= 4 is 29.1 Å². The Kier molecular flexibility index (Phi) is 4.69. The maximum atomic E-state index is 12.1. The van der Waals surface area contributed by atoms with Crippen molar-refractivity contribution in [3.05, 3.63) is 41.8 Å². The lowest BCUT2D eigenvalue weighted by Gasteiger charge is -2.14. The molecule has 26 heavy (non-hydrogen) atoms. The number of rotatable bonds is 5. The van der Waals surface area contributed by atoms with Crippen molar-refractivity contribution in [3.8, 4) is 22.1 Å². The highest BCUT2D eigenvalue weighted by Crippen LogP contribution is 2.37. The highest BCUT2D eigenvalue weighted by molar-refractivity contribution is 8.00. The summed E-state index contributed by atoms with van der Waals surface area (Å²) in [5.74, 6) is 1.25. The second-order valence-corrected chi connectivity index (χ2v) is 8.00. The lowest BCUT2D eigenvalue weighted by molar-refractivity contribution is -0.140. The lowest BCUT2D eigenvalue weighted by atomic mass is 10.3. The Labute approximate surface area is 159 Å². The van der Waals surface area contributed by atoms with Gasteiger partial charge in [-0.15, -0.1) is 21.5 Å². The summed E-state index contributed by atoms with van der Waals surface area (Å²) in [6.45, 7) is 1.90. The van der Waals surface area contributed by atoms with Gasteiger partial charge in [0.25, 0.3) is 0 Å². The molecule has 2 unspecified atom stereocenters. The maximum Gasteiger partial charge on any atom is 0.319 e. The molecule has 1 aliphatic heterocycles. The minimum atomic E-state index is -0.279. The molecule has 1 aliphatic rings. The minimum Gasteiger partial charge on any atom is -0.495 e. The SMILES string of the molecule is COc1ccccc1-n1c(SC2CC(C)OC2=O)nnc1-c1cccs1. The molecule has 0 amide bonds. The Balaban J connectivity index is 1.81. The Bertz CT molecular complexity index is 924. The largest absolute Gasteiger partial charge is 0.495 e. The molecule has 4 rings (SSSR count). The molecule has 0 saturated carbocycles. The summed E-state index contributed by atoms with van der Waals surface area (Å²) in [4.78, 5) is 13.1. The van der Waals surface area contributed by atoms with Gasteiger partial charge in [-0.1, -0.05) is 30.0 Å². The van der Waals surface area contributed by atoms with E-state index in [1.54, 1.807) is 18.4 Å². The number of thioether (sulfide) groups is 1. The molecule has 0 spiro atoms. The summed E-state index contributed by atoms with van der Waals surface area (Å²) in [5.41, 5.74) is 0.838. The summed E-state index contributed by atoms with van der Waals surface area (Å²) in [5, 5.41) is 11.1.